The summed E-state index contributed by atoms with van der Waals surface area (Å²) in [5.41, 5.74) is 6.83. The van der Waals surface area contributed by atoms with Crippen LogP contribution in [0.25, 0.3) is 0 Å². The molecular formula is C18H22FNO. The van der Waals surface area contributed by atoms with Gasteiger partial charge in [-0.25, -0.2) is 4.39 Å². The van der Waals surface area contributed by atoms with E-state index in [4.69, 9.17) is 5.73 Å². The van der Waals surface area contributed by atoms with Crippen molar-refractivity contribution in [3.8, 4) is 0 Å². The summed E-state index contributed by atoms with van der Waals surface area (Å²) in [7, 11) is 0. The fraction of sp³-hybridized carbons (Fsp3) is 0.611. The van der Waals surface area contributed by atoms with E-state index in [1.54, 1.807) is 12.1 Å². The molecular weight excluding hydrogens is 265 g/mol. The molecule has 3 atom stereocenters. The van der Waals surface area contributed by atoms with Crippen molar-refractivity contribution in [2.24, 2.45) is 29.4 Å². The molecule has 3 unspecified atom stereocenters. The van der Waals surface area contributed by atoms with Crippen molar-refractivity contribution >= 4 is 5.91 Å². The molecule has 3 heteroatoms. The highest BCUT2D eigenvalue weighted by Gasteiger charge is 2.57. The Balaban J connectivity index is 1.78. The minimum absolute atomic E-state index is 0.0669. The lowest BCUT2D eigenvalue weighted by Crippen LogP contribution is -2.56. The summed E-state index contributed by atoms with van der Waals surface area (Å²) >= 11 is 0. The minimum Gasteiger partial charge on any atom is -0.370 e. The van der Waals surface area contributed by atoms with Gasteiger partial charge >= 0.3 is 0 Å². The normalized spacial score (nSPS) is 40.4. The zero-order valence-electron chi connectivity index (χ0n) is 12.2. The number of carbonyl (C=O) groups is 1. The lowest BCUT2D eigenvalue weighted by atomic mass is 9.43. The first-order chi connectivity index (χ1) is 10.1. The van der Waals surface area contributed by atoms with Crippen molar-refractivity contribution in [1.82, 2.24) is 0 Å². The monoisotopic (exact) mass is 287 g/mol. The standard InChI is InChI=1S/C18H22FNO/c19-15-3-1-14(2-4-15)18-9-11-5-12(10-18)7-13(6-11)16(18)8-17(20)21/h1-4,11-13,16H,5-10H2,(H2,20,21). The van der Waals surface area contributed by atoms with Gasteiger partial charge in [-0.3, -0.25) is 4.79 Å². The summed E-state index contributed by atoms with van der Waals surface area (Å²) in [6.45, 7) is 0. The Hall–Kier alpha value is -1.38. The minimum atomic E-state index is -0.186. The highest BCUT2D eigenvalue weighted by Crippen LogP contribution is 2.64. The molecule has 0 spiro atoms. The van der Waals surface area contributed by atoms with Gasteiger partial charge in [0, 0.05) is 6.42 Å². The van der Waals surface area contributed by atoms with Gasteiger partial charge in [-0.15, -0.1) is 0 Å². The summed E-state index contributed by atoms with van der Waals surface area (Å²) in [6, 6.07) is 7.01. The Labute approximate surface area is 124 Å². The summed E-state index contributed by atoms with van der Waals surface area (Å²) in [4.78, 5) is 11.6. The second kappa shape index (κ2) is 4.56. The van der Waals surface area contributed by atoms with Crippen LogP contribution in [0.3, 0.4) is 0 Å². The first kappa shape index (κ1) is 13.3. The zero-order valence-corrected chi connectivity index (χ0v) is 12.2. The first-order valence-corrected chi connectivity index (χ1v) is 8.11. The third-order valence-electron chi connectivity index (χ3n) is 6.36. The molecule has 112 valence electrons. The van der Waals surface area contributed by atoms with Crippen molar-refractivity contribution in [3.05, 3.63) is 35.6 Å². The lowest BCUT2D eigenvalue weighted by molar-refractivity contribution is -0.125. The van der Waals surface area contributed by atoms with Crippen molar-refractivity contribution in [2.75, 3.05) is 0 Å². The van der Waals surface area contributed by atoms with E-state index in [-0.39, 0.29) is 17.1 Å². The van der Waals surface area contributed by atoms with Crippen molar-refractivity contribution < 1.29 is 9.18 Å². The highest BCUT2D eigenvalue weighted by molar-refractivity contribution is 5.74. The molecule has 1 amide bonds. The number of primary amides is 1. The second-order valence-electron chi connectivity index (χ2n) is 7.55. The van der Waals surface area contributed by atoms with Crippen LogP contribution >= 0.6 is 0 Å². The molecule has 1 aromatic rings. The van der Waals surface area contributed by atoms with Crippen LogP contribution < -0.4 is 5.73 Å². The molecule has 0 radical (unpaired) electrons. The van der Waals surface area contributed by atoms with Gasteiger partial charge in [0.15, 0.2) is 0 Å². The molecule has 0 aliphatic heterocycles. The van der Waals surface area contributed by atoms with E-state index in [0.717, 1.165) is 24.7 Å². The fourth-order valence-electron chi connectivity index (χ4n) is 5.96. The first-order valence-electron chi connectivity index (χ1n) is 8.11. The third-order valence-corrected chi connectivity index (χ3v) is 6.36. The van der Waals surface area contributed by atoms with Crippen LogP contribution in [-0.4, -0.2) is 5.91 Å². The number of hydrogen-bond acceptors (Lipinski definition) is 1. The number of rotatable bonds is 3. The van der Waals surface area contributed by atoms with Gasteiger partial charge in [-0.2, -0.15) is 0 Å². The molecule has 0 saturated heterocycles. The summed E-state index contributed by atoms with van der Waals surface area (Å²) in [6.07, 6.45) is 6.67. The molecule has 2 nitrogen and oxygen atoms in total. The van der Waals surface area contributed by atoms with Gasteiger partial charge in [-0.1, -0.05) is 12.1 Å². The van der Waals surface area contributed by atoms with Crippen molar-refractivity contribution in [2.45, 2.75) is 43.9 Å². The topological polar surface area (TPSA) is 43.1 Å². The zero-order chi connectivity index (χ0) is 14.6. The smallest absolute Gasteiger partial charge is 0.217 e. The van der Waals surface area contributed by atoms with Gasteiger partial charge in [0.1, 0.15) is 5.82 Å². The van der Waals surface area contributed by atoms with E-state index in [0.29, 0.717) is 18.3 Å². The maximum absolute atomic E-state index is 13.3. The summed E-state index contributed by atoms with van der Waals surface area (Å²) < 4.78 is 13.3. The average Bonchev–Trinajstić information content (AvgIpc) is 2.42. The van der Waals surface area contributed by atoms with Crippen LogP contribution in [0.15, 0.2) is 24.3 Å². The van der Waals surface area contributed by atoms with Crippen LogP contribution in [-0.2, 0) is 10.2 Å². The van der Waals surface area contributed by atoms with Gasteiger partial charge in [0.25, 0.3) is 0 Å². The molecule has 4 aliphatic carbocycles. The predicted octanol–water partition coefficient (Wildman–Crippen LogP) is 3.40. The van der Waals surface area contributed by atoms with Crippen LogP contribution in [0.2, 0.25) is 0 Å². The van der Waals surface area contributed by atoms with Crippen molar-refractivity contribution in [1.29, 1.82) is 0 Å². The molecule has 5 rings (SSSR count). The van der Waals surface area contributed by atoms with Gasteiger partial charge in [0.2, 0.25) is 5.91 Å². The predicted molar refractivity (Wildman–Crippen MR) is 78.9 cm³/mol. The Morgan fingerprint density at radius 2 is 1.76 bits per heavy atom. The largest absolute Gasteiger partial charge is 0.370 e. The number of halogens is 1. The summed E-state index contributed by atoms with van der Waals surface area (Å²) in [5, 5.41) is 0. The Kier molecular flexibility index (Phi) is 2.88. The quantitative estimate of drug-likeness (QED) is 0.909. The molecule has 2 N–H and O–H groups in total. The molecule has 0 heterocycles. The maximum Gasteiger partial charge on any atom is 0.217 e. The Morgan fingerprint density at radius 3 is 2.33 bits per heavy atom. The molecule has 4 saturated carbocycles. The van der Waals surface area contributed by atoms with E-state index in [1.807, 2.05) is 12.1 Å². The van der Waals surface area contributed by atoms with Crippen LogP contribution in [0.1, 0.15) is 44.1 Å². The molecule has 4 fully saturated rings. The van der Waals surface area contributed by atoms with Crippen LogP contribution in [0.4, 0.5) is 4.39 Å². The number of nitrogens with two attached hydrogens (primary N) is 1. The highest BCUT2D eigenvalue weighted by atomic mass is 19.1. The molecule has 4 bridgehead atoms. The van der Waals surface area contributed by atoms with Crippen molar-refractivity contribution in [3.63, 3.8) is 0 Å². The van der Waals surface area contributed by atoms with Gasteiger partial charge in [-0.05, 0) is 78.9 Å². The van der Waals surface area contributed by atoms with E-state index >= 15 is 0 Å². The average molecular weight is 287 g/mol. The van der Waals surface area contributed by atoms with E-state index in [2.05, 4.69) is 0 Å². The number of amides is 1. The molecule has 4 aliphatic rings. The molecule has 0 aromatic heterocycles. The number of benzene rings is 1. The molecule has 21 heavy (non-hydrogen) atoms. The van der Waals surface area contributed by atoms with Crippen LogP contribution in [0.5, 0.6) is 0 Å². The Morgan fingerprint density at radius 1 is 1.14 bits per heavy atom. The number of carbonyl (C=O) groups excluding carboxylic acids is 1. The third kappa shape index (κ3) is 2.01. The van der Waals surface area contributed by atoms with Gasteiger partial charge < -0.3 is 5.73 Å². The van der Waals surface area contributed by atoms with E-state index in [1.165, 1.54) is 24.8 Å². The van der Waals surface area contributed by atoms with E-state index < -0.39 is 0 Å². The van der Waals surface area contributed by atoms with E-state index in [9.17, 15) is 9.18 Å². The number of hydrogen-bond donors (Lipinski definition) is 1. The van der Waals surface area contributed by atoms with Gasteiger partial charge in [0.05, 0.1) is 0 Å². The second-order valence-corrected chi connectivity index (χ2v) is 7.55. The molecule has 1 aromatic carbocycles. The van der Waals surface area contributed by atoms with Crippen LogP contribution in [0, 0.1) is 29.5 Å². The lowest BCUT2D eigenvalue weighted by Gasteiger charge is -2.61. The SMILES string of the molecule is NC(=O)CC1C2CC3CC(C2)CC1(c1ccc(F)cc1)C3. The summed E-state index contributed by atoms with van der Waals surface area (Å²) in [5.74, 6) is 2.19. The maximum atomic E-state index is 13.3. The Bertz CT molecular complexity index is 553. The fourth-order valence-corrected chi connectivity index (χ4v) is 5.96.